The van der Waals surface area contributed by atoms with Crippen LogP contribution in [0.15, 0.2) is 36.4 Å². The Bertz CT molecular complexity index is 863. The number of aliphatic hydroxyl groups excluding tert-OH is 1. The Morgan fingerprint density at radius 1 is 1.22 bits per heavy atom. The van der Waals surface area contributed by atoms with E-state index in [9.17, 15) is 22.8 Å². The number of alkyl halides is 3. The van der Waals surface area contributed by atoms with Gasteiger partial charge in [-0.25, -0.2) is 9.59 Å². The number of carbonyl (C=O) groups excluding carboxylic acids is 2. The van der Waals surface area contributed by atoms with Gasteiger partial charge in [0.1, 0.15) is 6.04 Å². The second kappa shape index (κ2) is 13.1. The summed E-state index contributed by atoms with van der Waals surface area (Å²) in [6.45, 7) is 3.36. The summed E-state index contributed by atoms with van der Waals surface area (Å²) in [4.78, 5) is 33.0. The van der Waals surface area contributed by atoms with Gasteiger partial charge in [-0.2, -0.15) is 13.2 Å². The van der Waals surface area contributed by atoms with Gasteiger partial charge in [-0.05, 0) is 50.6 Å². The zero-order valence-electron chi connectivity index (χ0n) is 17.7. The van der Waals surface area contributed by atoms with Gasteiger partial charge in [0.05, 0.1) is 7.11 Å². The standard InChI is InChI=1S/C19H24N2O4.C2HF3O2/c1-19(2,20)16(18(24)25-3)21-17(23)15-11-9-14(10-12-15)8-6-4-5-7-13-22;3-2(4,5)1(6)7/h4-5,9-12,16,22H,7,13,20H2,1-3H3,(H,21,23);(H,6,7)/b5-4+;/t16-;/m1./s1. The Morgan fingerprint density at radius 3 is 2.16 bits per heavy atom. The predicted octanol–water partition coefficient (Wildman–Crippen LogP) is 1.62. The number of benzene rings is 1. The molecule has 0 heterocycles. The van der Waals surface area contributed by atoms with E-state index in [1.165, 1.54) is 7.11 Å². The van der Waals surface area contributed by atoms with E-state index in [2.05, 4.69) is 17.2 Å². The SMILES string of the molecule is COC(=O)[C@@H](NC(=O)c1ccc(C#C/C=C/CCO)cc1)C(C)(C)N.O=C(O)C(F)(F)F. The topological polar surface area (TPSA) is 139 Å². The van der Waals surface area contributed by atoms with Crippen LogP contribution in [0, 0.1) is 11.8 Å². The van der Waals surface area contributed by atoms with Gasteiger partial charge in [-0.3, -0.25) is 4.79 Å². The molecular weight excluding hydrogens is 433 g/mol. The quantitative estimate of drug-likeness (QED) is 0.375. The molecule has 0 bridgehead atoms. The molecule has 0 fully saturated rings. The molecule has 0 spiro atoms. The maximum atomic E-state index is 12.3. The summed E-state index contributed by atoms with van der Waals surface area (Å²) in [7, 11) is 1.25. The maximum absolute atomic E-state index is 12.3. The highest BCUT2D eigenvalue weighted by atomic mass is 19.4. The number of aliphatic hydroxyl groups is 1. The molecule has 0 aliphatic heterocycles. The molecule has 1 aromatic carbocycles. The van der Waals surface area contributed by atoms with Crippen LogP contribution in [0.3, 0.4) is 0 Å². The van der Waals surface area contributed by atoms with Crippen molar-refractivity contribution in [2.24, 2.45) is 5.73 Å². The Hall–Kier alpha value is -3.36. The van der Waals surface area contributed by atoms with Crippen molar-refractivity contribution in [2.45, 2.75) is 38.0 Å². The van der Waals surface area contributed by atoms with E-state index in [0.29, 0.717) is 12.0 Å². The number of ether oxygens (including phenoxy) is 1. The molecule has 11 heteroatoms. The second-order valence-corrected chi connectivity index (χ2v) is 6.82. The fourth-order valence-corrected chi connectivity index (χ4v) is 1.93. The number of nitrogens with two attached hydrogens (primary N) is 1. The van der Waals surface area contributed by atoms with E-state index in [0.717, 1.165) is 5.56 Å². The van der Waals surface area contributed by atoms with Crippen molar-refractivity contribution >= 4 is 17.8 Å². The van der Waals surface area contributed by atoms with E-state index < -0.39 is 35.6 Å². The first kappa shape index (κ1) is 28.6. The first-order valence-corrected chi connectivity index (χ1v) is 9.09. The van der Waals surface area contributed by atoms with Gasteiger partial charge < -0.3 is 26.0 Å². The number of nitrogens with one attached hydrogen (secondary N) is 1. The van der Waals surface area contributed by atoms with Crippen LogP contribution in [0.2, 0.25) is 0 Å². The molecule has 176 valence electrons. The molecule has 5 N–H and O–H groups in total. The van der Waals surface area contributed by atoms with Crippen molar-refractivity contribution < 1.29 is 42.5 Å². The highest BCUT2D eigenvalue weighted by molar-refractivity contribution is 5.97. The molecule has 0 aromatic heterocycles. The lowest BCUT2D eigenvalue weighted by Crippen LogP contribution is -2.59. The average molecular weight is 458 g/mol. The molecule has 0 unspecified atom stereocenters. The number of aliphatic carboxylic acids is 1. The number of allylic oxidation sites excluding steroid dienone is 1. The van der Waals surface area contributed by atoms with E-state index in [1.54, 1.807) is 50.3 Å². The highest BCUT2D eigenvalue weighted by Crippen LogP contribution is 2.13. The minimum Gasteiger partial charge on any atom is -0.475 e. The van der Waals surface area contributed by atoms with E-state index >= 15 is 0 Å². The minimum atomic E-state index is -5.08. The molecule has 1 amide bonds. The number of amides is 1. The number of hydrogen-bond acceptors (Lipinski definition) is 6. The van der Waals surface area contributed by atoms with Crippen LogP contribution in [-0.2, 0) is 14.3 Å². The summed E-state index contributed by atoms with van der Waals surface area (Å²) in [5.74, 6) is 1.98. The van der Waals surface area contributed by atoms with Gasteiger partial charge in [-0.15, -0.1) is 0 Å². The summed E-state index contributed by atoms with van der Waals surface area (Å²) < 4.78 is 36.4. The normalized spacial score (nSPS) is 12.0. The van der Waals surface area contributed by atoms with Crippen molar-refractivity contribution in [1.29, 1.82) is 0 Å². The Morgan fingerprint density at radius 2 is 1.75 bits per heavy atom. The van der Waals surface area contributed by atoms with Crippen molar-refractivity contribution in [3.05, 3.63) is 47.5 Å². The highest BCUT2D eigenvalue weighted by Gasteiger charge is 2.38. The molecular formula is C21H25F3N2O6. The zero-order chi connectivity index (χ0) is 24.9. The summed E-state index contributed by atoms with van der Waals surface area (Å²) in [5.41, 5.74) is 6.11. The molecule has 8 nitrogen and oxygen atoms in total. The molecule has 0 saturated heterocycles. The van der Waals surface area contributed by atoms with Crippen LogP contribution < -0.4 is 11.1 Å². The molecule has 1 rings (SSSR count). The number of carboxylic acids is 1. The molecule has 0 aliphatic rings. The van der Waals surface area contributed by atoms with Gasteiger partial charge in [0.25, 0.3) is 5.91 Å². The number of hydrogen-bond donors (Lipinski definition) is 4. The number of carboxylic acid groups (broad SMARTS) is 1. The monoisotopic (exact) mass is 458 g/mol. The molecule has 1 atom stereocenters. The van der Waals surface area contributed by atoms with Crippen LogP contribution in [0.5, 0.6) is 0 Å². The molecule has 32 heavy (non-hydrogen) atoms. The third-order valence-electron chi connectivity index (χ3n) is 3.56. The number of halogens is 3. The predicted molar refractivity (Wildman–Crippen MR) is 109 cm³/mol. The summed E-state index contributed by atoms with van der Waals surface area (Å²) in [6.07, 6.45) is -1.08. The van der Waals surface area contributed by atoms with Crippen molar-refractivity contribution in [3.63, 3.8) is 0 Å². The second-order valence-electron chi connectivity index (χ2n) is 6.82. The molecule has 1 aromatic rings. The summed E-state index contributed by atoms with van der Waals surface area (Å²) in [5, 5.41) is 18.4. The van der Waals surface area contributed by atoms with Gasteiger partial charge in [0.2, 0.25) is 0 Å². The van der Waals surface area contributed by atoms with Crippen molar-refractivity contribution in [2.75, 3.05) is 13.7 Å². The Kier molecular flexibility index (Phi) is 11.8. The lowest BCUT2D eigenvalue weighted by molar-refractivity contribution is -0.192. The third-order valence-corrected chi connectivity index (χ3v) is 3.56. The smallest absolute Gasteiger partial charge is 0.475 e. The van der Waals surface area contributed by atoms with Crippen LogP contribution in [-0.4, -0.2) is 59.5 Å². The number of carbonyl (C=O) groups is 3. The van der Waals surface area contributed by atoms with Crippen LogP contribution in [0.1, 0.15) is 36.2 Å². The van der Waals surface area contributed by atoms with E-state index in [4.69, 9.17) is 25.5 Å². The third kappa shape index (κ3) is 11.1. The number of esters is 1. The van der Waals surface area contributed by atoms with Crippen LogP contribution in [0.4, 0.5) is 13.2 Å². The number of methoxy groups -OCH3 is 1. The van der Waals surface area contributed by atoms with Crippen LogP contribution >= 0.6 is 0 Å². The zero-order valence-corrected chi connectivity index (χ0v) is 17.7. The molecule has 0 saturated carbocycles. The van der Waals surface area contributed by atoms with E-state index in [-0.39, 0.29) is 6.61 Å². The molecule has 0 aliphatic carbocycles. The Labute approximate surface area is 183 Å². The van der Waals surface area contributed by atoms with Gasteiger partial charge in [0.15, 0.2) is 0 Å². The first-order chi connectivity index (χ1) is 14.7. The van der Waals surface area contributed by atoms with Gasteiger partial charge in [0, 0.05) is 23.3 Å². The largest absolute Gasteiger partial charge is 0.490 e. The first-order valence-electron chi connectivity index (χ1n) is 9.09. The minimum absolute atomic E-state index is 0.0914. The van der Waals surface area contributed by atoms with Crippen molar-refractivity contribution in [1.82, 2.24) is 5.32 Å². The van der Waals surface area contributed by atoms with Crippen molar-refractivity contribution in [3.8, 4) is 11.8 Å². The Balaban J connectivity index is 0.00000118. The van der Waals surface area contributed by atoms with Crippen LogP contribution in [0.25, 0.3) is 0 Å². The van der Waals surface area contributed by atoms with Gasteiger partial charge in [-0.1, -0.05) is 17.9 Å². The van der Waals surface area contributed by atoms with E-state index in [1.807, 2.05) is 0 Å². The fraction of sp³-hybridized carbons (Fsp3) is 0.381. The lowest BCUT2D eigenvalue weighted by Gasteiger charge is -2.28. The summed E-state index contributed by atoms with van der Waals surface area (Å²) >= 11 is 0. The molecule has 0 radical (unpaired) electrons. The van der Waals surface area contributed by atoms with Gasteiger partial charge >= 0.3 is 18.1 Å². The number of rotatable bonds is 6. The maximum Gasteiger partial charge on any atom is 0.490 e. The lowest BCUT2D eigenvalue weighted by atomic mass is 9.95. The fourth-order valence-electron chi connectivity index (χ4n) is 1.93. The summed E-state index contributed by atoms with van der Waals surface area (Å²) in [6, 6.07) is 5.70. The average Bonchev–Trinajstić information content (AvgIpc) is 2.70.